The number of methoxy groups -OCH3 is 1. The number of benzene rings is 2. The van der Waals surface area contributed by atoms with Crippen LogP contribution >= 0.6 is 0 Å². The van der Waals surface area contributed by atoms with Crippen LogP contribution in [0, 0.1) is 0 Å². The molecule has 0 spiro atoms. The molecule has 0 unspecified atom stereocenters. The maximum Gasteiger partial charge on any atom is 0.356 e. The Kier molecular flexibility index (Phi) is 6.50. The number of carbonyl (C=O) groups excluding carboxylic acids is 1. The maximum absolute atomic E-state index is 13.6. The average Bonchev–Trinajstić information content (AvgIpc) is 3.22. The second-order valence-electron chi connectivity index (χ2n) is 7.54. The van der Waals surface area contributed by atoms with Gasteiger partial charge in [-0.05, 0) is 37.3 Å². The zero-order chi connectivity index (χ0) is 22.7. The van der Waals surface area contributed by atoms with Gasteiger partial charge in [-0.15, -0.1) is 0 Å². The number of hydrogen-bond donors (Lipinski definition) is 1. The number of esters is 1. The van der Waals surface area contributed by atoms with Crippen LogP contribution in [0.4, 0.5) is 0 Å². The number of piperazine rings is 1. The average molecular weight is 458 g/mol. The lowest BCUT2D eigenvalue weighted by Gasteiger charge is -2.28. The fourth-order valence-corrected chi connectivity index (χ4v) is 5.56. The largest absolute Gasteiger partial charge is 0.496 e. The Morgan fingerprint density at radius 2 is 1.81 bits per heavy atom. The van der Waals surface area contributed by atoms with E-state index < -0.39 is 16.0 Å². The molecule has 1 N–H and O–H groups in total. The maximum atomic E-state index is 13.6. The Bertz CT molecular complexity index is 1220. The Hall–Kier alpha value is -2.88. The third kappa shape index (κ3) is 4.11. The van der Waals surface area contributed by atoms with E-state index in [9.17, 15) is 13.2 Å². The quantitative estimate of drug-likeness (QED) is 0.545. The lowest BCUT2D eigenvalue weighted by atomic mass is 10.1. The minimum atomic E-state index is -4.03. The van der Waals surface area contributed by atoms with Crippen LogP contribution in [0.1, 0.15) is 23.0 Å². The molecule has 2 heterocycles. The number of nitrogens with one attached hydrogen (secondary N) is 1. The molecule has 1 aromatic heterocycles. The first-order valence-corrected chi connectivity index (χ1v) is 12.0. The van der Waals surface area contributed by atoms with Crippen LogP contribution in [0.3, 0.4) is 0 Å². The number of rotatable bonds is 7. The minimum absolute atomic E-state index is 0.0273. The van der Waals surface area contributed by atoms with Crippen LogP contribution in [0.15, 0.2) is 53.4 Å². The van der Waals surface area contributed by atoms with Gasteiger partial charge in [-0.3, -0.25) is 4.90 Å². The molecule has 0 atom stereocenters. The molecule has 3 aromatic rings. The molecule has 1 fully saturated rings. The second-order valence-corrected chi connectivity index (χ2v) is 9.32. The summed E-state index contributed by atoms with van der Waals surface area (Å²) >= 11 is 0. The highest BCUT2D eigenvalue weighted by atomic mass is 32.2. The molecule has 0 saturated carbocycles. The summed E-state index contributed by atoms with van der Waals surface area (Å²) in [6.07, 6.45) is 0. The van der Waals surface area contributed by atoms with Crippen LogP contribution in [0.25, 0.3) is 10.9 Å². The molecular formula is C23H27N3O5S. The third-order valence-corrected chi connectivity index (χ3v) is 7.33. The van der Waals surface area contributed by atoms with Crippen molar-refractivity contribution < 1.29 is 22.7 Å². The summed E-state index contributed by atoms with van der Waals surface area (Å²) in [6, 6.07) is 13.1. The third-order valence-electron chi connectivity index (χ3n) is 5.59. The second kappa shape index (κ2) is 9.32. The van der Waals surface area contributed by atoms with Crippen molar-refractivity contribution in [2.24, 2.45) is 0 Å². The predicted octanol–water partition coefficient (Wildman–Crippen LogP) is 2.47. The van der Waals surface area contributed by atoms with E-state index in [1.807, 2.05) is 0 Å². The summed E-state index contributed by atoms with van der Waals surface area (Å²) in [5, 5.41) is 3.99. The number of fused-ring (bicyclic) bond motifs is 1. The predicted molar refractivity (Wildman–Crippen MR) is 122 cm³/mol. The lowest BCUT2D eigenvalue weighted by molar-refractivity contribution is 0.0518. The van der Waals surface area contributed by atoms with E-state index in [0.717, 1.165) is 35.7 Å². The van der Waals surface area contributed by atoms with Gasteiger partial charge in [0.05, 0.1) is 24.1 Å². The van der Waals surface area contributed by atoms with Gasteiger partial charge in [0.1, 0.15) is 11.4 Å². The zero-order valence-electron chi connectivity index (χ0n) is 18.2. The van der Waals surface area contributed by atoms with Gasteiger partial charge in [-0.25, -0.2) is 17.2 Å². The fourth-order valence-electron chi connectivity index (χ4n) is 4.05. The van der Waals surface area contributed by atoms with Crippen LogP contribution < -0.4 is 10.1 Å². The van der Waals surface area contributed by atoms with E-state index in [2.05, 4.69) is 10.2 Å². The fraction of sp³-hybridized carbons (Fsp3) is 0.348. The highest BCUT2D eigenvalue weighted by Gasteiger charge is 2.29. The molecule has 9 heteroatoms. The molecule has 8 nitrogen and oxygen atoms in total. The summed E-state index contributed by atoms with van der Waals surface area (Å²) in [5.41, 5.74) is 1.24. The first kappa shape index (κ1) is 22.3. The Labute approximate surface area is 187 Å². The summed E-state index contributed by atoms with van der Waals surface area (Å²) in [6.45, 7) is 5.92. The van der Waals surface area contributed by atoms with Gasteiger partial charge in [0, 0.05) is 43.7 Å². The molecule has 0 amide bonds. The van der Waals surface area contributed by atoms with Gasteiger partial charge in [-0.1, -0.05) is 18.2 Å². The molecule has 1 aliphatic rings. The van der Waals surface area contributed by atoms with Crippen molar-refractivity contribution in [2.45, 2.75) is 18.4 Å². The van der Waals surface area contributed by atoms with Gasteiger partial charge in [-0.2, -0.15) is 0 Å². The summed E-state index contributed by atoms with van der Waals surface area (Å²) < 4.78 is 39.1. The molecule has 32 heavy (non-hydrogen) atoms. The normalized spacial score (nSPS) is 15.1. The van der Waals surface area contributed by atoms with Crippen molar-refractivity contribution in [3.8, 4) is 5.75 Å². The van der Waals surface area contributed by atoms with Gasteiger partial charge in [0.2, 0.25) is 0 Å². The molecule has 4 rings (SSSR count). The number of ether oxygens (including phenoxy) is 2. The van der Waals surface area contributed by atoms with Gasteiger partial charge in [0.25, 0.3) is 10.0 Å². The monoisotopic (exact) mass is 457 g/mol. The van der Waals surface area contributed by atoms with E-state index >= 15 is 0 Å². The molecule has 0 radical (unpaired) electrons. The topological polar surface area (TPSA) is 89.9 Å². The van der Waals surface area contributed by atoms with Gasteiger partial charge < -0.3 is 14.8 Å². The first-order valence-electron chi connectivity index (χ1n) is 10.6. The Morgan fingerprint density at radius 3 is 2.47 bits per heavy atom. The van der Waals surface area contributed by atoms with E-state index in [1.54, 1.807) is 50.4 Å². The van der Waals surface area contributed by atoms with E-state index in [0.29, 0.717) is 23.2 Å². The van der Waals surface area contributed by atoms with Crippen LogP contribution in [-0.4, -0.2) is 63.2 Å². The first-order chi connectivity index (χ1) is 15.5. The summed E-state index contributed by atoms with van der Waals surface area (Å²) in [4.78, 5) is 15.2. The van der Waals surface area contributed by atoms with Crippen molar-refractivity contribution in [3.63, 3.8) is 0 Å². The number of hydrogen-bond acceptors (Lipinski definition) is 7. The van der Waals surface area contributed by atoms with Crippen LogP contribution in [0.5, 0.6) is 5.75 Å². The van der Waals surface area contributed by atoms with Crippen LogP contribution in [0.2, 0.25) is 0 Å². The number of nitrogens with zero attached hydrogens (tertiary/aromatic N) is 2. The van der Waals surface area contributed by atoms with Crippen molar-refractivity contribution in [1.82, 2.24) is 14.2 Å². The highest BCUT2D eigenvalue weighted by Crippen LogP contribution is 2.34. The Morgan fingerprint density at radius 1 is 1.09 bits per heavy atom. The minimum Gasteiger partial charge on any atom is -0.496 e. The molecule has 0 bridgehead atoms. The van der Waals surface area contributed by atoms with Gasteiger partial charge >= 0.3 is 5.97 Å². The van der Waals surface area contributed by atoms with Crippen LogP contribution in [-0.2, 0) is 21.3 Å². The highest BCUT2D eigenvalue weighted by molar-refractivity contribution is 7.90. The van der Waals surface area contributed by atoms with Crippen molar-refractivity contribution >= 4 is 26.9 Å². The molecule has 1 aliphatic heterocycles. The molecular weight excluding hydrogens is 430 g/mol. The van der Waals surface area contributed by atoms with E-state index in [1.165, 1.54) is 12.1 Å². The lowest BCUT2D eigenvalue weighted by Crippen LogP contribution is -2.42. The standard InChI is InChI=1S/C23H27N3O5S/c1-3-31-23(27)21-15-18-19(16-25-13-11-24-12-14-25)22(30-2)10-9-20(18)26(21)32(28,29)17-7-5-4-6-8-17/h4-10,15,24H,3,11-14,16H2,1-2H3. The zero-order valence-corrected chi connectivity index (χ0v) is 19.0. The summed E-state index contributed by atoms with van der Waals surface area (Å²) in [5.74, 6) is -0.0315. The molecule has 2 aromatic carbocycles. The van der Waals surface area contributed by atoms with Crippen molar-refractivity contribution in [2.75, 3.05) is 39.9 Å². The molecule has 0 aliphatic carbocycles. The molecule has 1 saturated heterocycles. The van der Waals surface area contributed by atoms with Gasteiger partial charge in [0.15, 0.2) is 0 Å². The number of aromatic nitrogens is 1. The van der Waals surface area contributed by atoms with Crippen molar-refractivity contribution in [1.29, 1.82) is 0 Å². The van der Waals surface area contributed by atoms with E-state index in [-0.39, 0.29) is 17.2 Å². The SMILES string of the molecule is CCOC(=O)c1cc2c(CN3CCNCC3)c(OC)ccc2n1S(=O)(=O)c1ccccc1. The van der Waals surface area contributed by atoms with E-state index in [4.69, 9.17) is 9.47 Å². The Balaban J connectivity index is 1.95. The number of carbonyl (C=O) groups is 1. The smallest absolute Gasteiger partial charge is 0.356 e. The summed E-state index contributed by atoms with van der Waals surface area (Å²) in [7, 11) is -2.44. The van der Waals surface area contributed by atoms with Crippen molar-refractivity contribution in [3.05, 3.63) is 59.8 Å². The molecule has 170 valence electrons.